The molecule has 0 spiro atoms. The van der Waals surface area contributed by atoms with Crippen molar-refractivity contribution in [2.45, 2.75) is 46.1 Å². The standard InChI is InChI=1S/C20H26N6O/c1-12(11-26-14(3)7-13(2)24-26)9-21-20(27)16-8-18(15-5-6-15)23-19-17(16)10-22-25(19)4/h7-8,10,12,15H,5-6,9,11H2,1-4H3,(H,21,27). The van der Waals surface area contributed by atoms with E-state index in [1.54, 1.807) is 10.9 Å². The Kier molecular flexibility index (Phi) is 4.45. The lowest BCUT2D eigenvalue weighted by atomic mass is 10.1. The van der Waals surface area contributed by atoms with Crippen molar-refractivity contribution < 1.29 is 4.79 Å². The fraction of sp³-hybridized carbons (Fsp3) is 0.500. The molecule has 1 unspecified atom stereocenters. The molecule has 1 fully saturated rings. The molecular formula is C20H26N6O. The van der Waals surface area contributed by atoms with E-state index in [1.807, 2.05) is 24.7 Å². The van der Waals surface area contributed by atoms with Gasteiger partial charge in [0.1, 0.15) is 0 Å². The van der Waals surface area contributed by atoms with Crippen molar-refractivity contribution in [2.75, 3.05) is 6.54 Å². The van der Waals surface area contributed by atoms with Crippen LogP contribution >= 0.6 is 0 Å². The van der Waals surface area contributed by atoms with Crippen molar-refractivity contribution in [1.29, 1.82) is 0 Å². The Morgan fingerprint density at radius 3 is 2.78 bits per heavy atom. The maximum absolute atomic E-state index is 12.9. The summed E-state index contributed by atoms with van der Waals surface area (Å²) < 4.78 is 3.74. The van der Waals surface area contributed by atoms with E-state index >= 15 is 0 Å². The lowest BCUT2D eigenvalue weighted by Gasteiger charge is -2.14. The molecule has 7 nitrogen and oxygen atoms in total. The van der Waals surface area contributed by atoms with Crippen LogP contribution in [0.4, 0.5) is 0 Å². The van der Waals surface area contributed by atoms with Gasteiger partial charge in [0.2, 0.25) is 0 Å². The van der Waals surface area contributed by atoms with Crippen LogP contribution < -0.4 is 5.32 Å². The van der Waals surface area contributed by atoms with Crippen molar-refractivity contribution >= 4 is 16.9 Å². The zero-order valence-electron chi connectivity index (χ0n) is 16.4. The molecule has 0 aliphatic heterocycles. The molecule has 142 valence electrons. The third-order valence-electron chi connectivity index (χ3n) is 5.16. The molecule has 27 heavy (non-hydrogen) atoms. The van der Waals surface area contributed by atoms with Crippen LogP contribution in [0, 0.1) is 19.8 Å². The Labute approximate surface area is 158 Å². The average Bonchev–Trinajstić information content (AvgIpc) is 3.35. The SMILES string of the molecule is Cc1cc(C)n(CC(C)CNC(=O)c2cc(C3CC3)nc3c2cnn3C)n1. The van der Waals surface area contributed by atoms with E-state index in [2.05, 4.69) is 35.4 Å². The van der Waals surface area contributed by atoms with Crippen molar-refractivity contribution in [3.8, 4) is 0 Å². The first-order valence-corrected chi connectivity index (χ1v) is 9.54. The molecule has 7 heteroatoms. The fourth-order valence-corrected chi connectivity index (χ4v) is 3.49. The number of pyridine rings is 1. The molecule has 1 N–H and O–H groups in total. The first-order valence-electron chi connectivity index (χ1n) is 9.54. The second-order valence-corrected chi connectivity index (χ2v) is 7.80. The van der Waals surface area contributed by atoms with Crippen LogP contribution in [0.5, 0.6) is 0 Å². The Morgan fingerprint density at radius 1 is 1.33 bits per heavy atom. The minimum Gasteiger partial charge on any atom is -0.352 e. The van der Waals surface area contributed by atoms with Gasteiger partial charge in [-0.3, -0.25) is 14.2 Å². The molecule has 4 rings (SSSR count). The number of fused-ring (bicyclic) bond motifs is 1. The highest BCUT2D eigenvalue weighted by Crippen LogP contribution is 2.40. The average molecular weight is 366 g/mol. The topological polar surface area (TPSA) is 77.6 Å². The molecule has 0 bridgehead atoms. The maximum Gasteiger partial charge on any atom is 0.252 e. The van der Waals surface area contributed by atoms with Gasteiger partial charge in [0, 0.05) is 37.4 Å². The summed E-state index contributed by atoms with van der Waals surface area (Å²) in [5.74, 6) is 0.708. The number of aryl methyl sites for hydroxylation is 3. The van der Waals surface area contributed by atoms with E-state index < -0.39 is 0 Å². The molecule has 3 aromatic rings. The normalized spacial score (nSPS) is 15.3. The third-order valence-corrected chi connectivity index (χ3v) is 5.16. The molecule has 1 amide bonds. The van der Waals surface area contributed by atoms with Crippen molar-refractivity contribution in [2.24, 2.45) is 13.0 Å². The van der Waals surface area contributed by atoms with Gasteiger partial charge >= 0.3 is 0 Å². The number of hydrogen-bond acceptors (Lipinski definition) is 4. The molecule has 1 aliphatic rings. The number of nitrogens with zero attached hydrogens (tertiary/aromatic N) is 5. The monoisotopic (exact) mass is 366 g/mol. The summed E-state index contributed by atoms with van der Waals surface area (Å²) in [6.07, 6.45) is 4.03. The van der Waals surface area contributed by atoms with Gasteiger partial charge in [-0.05, 0) is 44.7 Å². The summed E-state index contributed by atoms with van der Waals surface area (Å²) in [7, 11) is 1.87. The van der Waals surface area contributed by atoms with Crippen LogP contribution in [-0.4, -0.2) is 37.0 Å². The highest BCUT2D eigenvalue weighted by molar-refractivity contribution is 6.05. The summed E-state index contributed by atoms with van der Waals surface area (Å²) in [4.78, 5) is 17.6. The molecule has 1 aliphatic carbocycles. The minimum atomic E-state index is -0.0579. The van der Waals surface area contributed by atoms with E-state index in [0.29, 0.717) is 18.0 Å². The van der Waals surface area contributed by atoms with Gasteiger partial charge in [-0.15, -0.1) is 0 Å². The third kappa shape index (κ3) is 3.59. The van der Waals surface area contributed by atoms with Crippen LogP contribution in [-0.2, 0) is 13.6 Å². The summed E-state index contributed by atoms with van der Waals surface area (Å²) in [5.41, 5.74) is 4.62. The Bertz CT molecular complexity index is 997. The van der Waals surface area contributed by atoms with Gasteiger partial charge < -0.3 is 5.32 Å². The quantitative estimate of drug-likeness (QED) is 0.728. The molecular weight excluding hydrogens is 340 g/mol. The molecule has 1 atom stereocenters. The molecule has 0 saturated heterocycles. The van der Waals surface area contributed by atoms with Gasteiger partial charge in [-0.2, -0.15) is 10.2 Å². The predicted molar refractivity (Wildman–Crippen MR) is 104 cm³/mol. The highest BCUT2D eigenvalue weighted by Gasteiger charge is 2.27. The van der Waals surface area contributed by atoms with Crippen LogP contribution in [0.25, 0.3) is 11.0 Å². The number of hydrogen-bond donors (Lipinski definition) is 1. The van der Waals surface area contributed by atoms with E-state index in [4.69, 9.17) is 4.98 Å². The zero-order valence-corrected chi connectivity index (χ0v) is 16.4. The first-order chi connectivity index (χ1) is 12.9. The summed E-state index contributed by atoms with van der Waals surface area (Å²) >= 11 is 0. The smallest absolute Gasteiger partial charge is 0.252 e. The largest absolute Gasteiger partial charge is 0.352 e. The molecule has 0 radical (unpaired) electrons. The Morgan fingerprint density at radius 2 is 2.11 bits per heavy atom. The Balaban J connectivity index is 1.48. The molecule has 0 aromatic carbocycles. The zero-order chi connectivity index (χ0) is 19.1. The predicted octanol–water partition coefficient (Wildman–Crippen LogP) is 2.73. The van der Waals surface area contributed by atoms with Crippen LogP contribution in [0.3, 0.4) is 0 Å². The van der Waals surface area contributed by atoms with Crippen LogP contribution in [0.2, 0.25) is 0 Å². The van der Waals surface area contributed by atoms with Crippen molar-refractivity contribution in [3.05, 3.63) is 41.0 Å². The number of nitrogens with one attached hydrogen (secondary N) is 1. The summed E-state index contributed by atoms with van der Waals surface area (Å²) in [6, 6.07) is 4.02. The Hall–Kier alpha value is -2.70. The van der Waals surface area contributed by atoms with Crippen LogP contribution in [0.1, 0.15) is 53.1 Å². The van der Waals surface area contributed by atoms with Crippen molar-refractivity contribution in [1.82, 2.24) is 29.9 Å². The molecule has 3 aromatic heterocycles. The second kappa shape index (κ2) is 6.79. The first kappa shape index (κ1) is 17.7. The van der Waals surface area contributed by atoms with E-state index in [-0.39, 0.29) is 11.8 Å². The van der Waals surface area contributed by atoms with E-state index in [9.17, 15) is 4.79 Å². The summed E-state index contributed by atoms with van der Waals surface area (Å²) in [5, 5.41) is 12.7. The number of carbonyl (C=O) groups is 1. The lowest BCUT2D eigenvalue weighted by molar-refractivity contribution is 0.0948. The minimum absolute atomic E-state index is 0.0579. The summed E-state index contributed by atoms with van der Waals surface area (Å²) in [6.45, 7) is 7.56. The highest BCUT2D eigenvalue weighted by atomic mass is 16.1. The van der Waals surface area contributed by atoms with Gasteiger partial charge in [0.15, 0.2) is 5.65 Å². The van der Waals surface area contributed by atoms with E-state index in [1.165, 1.54) is 0 Å². The molecule has 1 saturated carbocycles. The van der Waals surface area contributed by atoms with Gasteiger partial charge in [-0.25, -0.2) is 4.98 Å². The lowest BCUT2D eigenvalue weighted by Crippen LogP contribution is -2.30. The van der Waals surface area contributed by atoms with E-state index in [0.717, 1.165) is 47.5 Å². The number of carbonyl (C=O) groups excluding carboxylic acids is 1. The second-order valence-electron chi connectivity index (χ2n) is 7.80. The van der Waals surface area contributed by atoms with Gasteiger partial charge in [-0.1, -0.05) is 6.92 Å². The number of rotatable bonds is 6. The van der Waals surface area contributed by atoms with Crippen LogP contribution in [0.15, 0.2) is 18.3 Å². The number of aromatic nitrogens is 5. The maximum atomic E-state index is 12.9. The number of amides is 1. The molecule has 3 heterocycles. The fourth-order valence-electron chi connectivity index (χ4n) is 3.49. The van der Waals surface area contributed by atoms with Gasteiger partial charge in [0.05, 0.1) is 22.8 Å². The van der Waals surface area contributed by atoms with Crippen molar-refractivity contribution in [3.63, 3.8) is 0 Å². The van der Waals surface area contributed by atoms with Gasteiger partial charge in [0.25, 0.3) is 5.91 Å².